The summed E-state index contributed by atoms with van der Waals surface area (Å²) < 4.78 is 96.7. The molecule has 1 aromatic rings. The maximum atomic E-state index is 10.9. The van der Waals surface area contributed by atoms with E-state index in [1.165, 1.54) is 61.8 Å². The van der Waals surface area contributed by atoms with Crippen molar-refractivity contribution >= 4 is 120 Å². The lowest BCUT2D eigenvalue weighted by Gasteiger charge is -2.13. The van der Waals surface area contributed by atoms with Crippen molar-refractivity contribution in [2.75, 3.05) is 121 Å². The van der Waals surface area contributed by atoms with Crippen molar-refractivity contribution < 1.29 is 55.6 Å². The third kappa shape index (κ3) is 139. The van der Waals surface area contributed by atoms with E-state index in [1.807, 2.05) is 24.3 Å². The van der Waals surface area contributed by atoms with Gasteiger partial charge in [0.2, 0.25) is 0 Å². The minimum absolute atomic E-state index is 0.404. The molecule has 4 atom stereocenters. The van der Waals surface area contributed by atoms with Gasteiger partial charge in [-0.3, -0.25) is 27.7 Å². The molecule has 0 aliphatic rings. The number of hydrogen-bond acceptors (Lipinski definition) is 17. The Bertz CT molecular complexity index is 1290. The molecule has 17 nitrogen and oxygen atoms in total. The number of rotatable bonds is 13. The van der Waals surface area contributed by atoms with E-state index in [0.717, 1.165) is 18.0 Å². The molecule has 0 amide bonds. The van der Waals surface area contributed by atoms with Crippen LogP contribution in [0.25, 0.3) is 0 Å². The molecule has 1 heterocycles. The first-order valence-corrected chi connectivity index (χ1v) is 32.0. The number of nitrogens with zero attached hydrogens (tertiary/aromatic N) is 3. The molecule has 1 rings (SSSR count). The summed E-state index contributed by atoms with van der Waals surface area (Å²) in [5.74, 6) is 2.39. The topological polar surface area (TPSA) is 251 Å². The smallest absolute Gasteiger partial charge is 0.383 e. The standard InChI is InChI=1S/C7H6N2.C6H15N.C5H9O4P.C3H9NO.C3H9O3P.C2H8N2.2C2H7P.CH3Cl2O2P.2CH5P.Cl3OP/c8-5-4-7-3-1-2-6-9-7;1-4-7(5-2)6-3;1-4-5-9-10(6,7-2)8-3;1-5-3-2-4;1-5-7(3,4)6-2;3-1-2-4;2*1-2-3;1-5-6(2,3)4;2*1-2;1-5(2,3)4/h1-3,6H,4H2;4-6H2,1-3H3;1-3H3;2-4H2,1H3;1-3H3;1-4H2;2*2-3H2,1H3;1H3;2*2H2,1H3;/i;;;;;;2*1D;;2*1T;. The van der Waals surface area contributed by atoms with Crippen LogP contribution < -0.4 is 17.2 Å². The van der Waals surface area contributed by atoms with Crippen molar-refractivity contribution in [3.8, 4) is 18.1 Å². The number of hydrogen-bond donors (Lipinski definition) is 3. The average molecular weight is 1170 g/mol. The first kappa shape index (κ1) is 78.8. The highest BCUT2D eigenvalue weighted by molar-refractivity contribution is 8.24. The van der Waals surface area contributed by atoms with Gasteiger partial charge in [-0.25, -0.2) is 4.57 Å². The molecule has 0 saturated carbocycles. The number of ether oxygens (including phenoxy) is 1. The van der Waals surface area contributed by atoms with Gasteiger partial charge in [-0.05, 0) is 100 Å². The number of nitrogens with two attached hydrogens (primary N) is 3. The zero-order chi connectivity index (χ0) is 55.7. The van der Waals surface area contributed by atoms with Crippen molar-refractivity contribution in [3.05, 3.63) is 30.1 Å². The second-order valence-electron chi connectivity index (χ2n) is 8.60. The fraction of sp³-hybridized carbons (Fsp3) is 0.758. The zero-order valence-electron chi connectivity index (χ0n) is 42.8. The predicted octanol–water partition coefficient (Wildman–Crippen LogP) is 11.3. The highest BCUT2D eigenvalue weighted by Gasteiger charge is 2.22. The summed E-state index contributed by atoms with van der Waals surface area (Å²) in [5.41, 5.74) is 15.7. The minimum Gasteiger partial charge on any atom is -0.383 e. The van der Waals surface area contributed by atoms with Crippen LogP contribution in [-0.2, 0) is 56.6 Å². The van der Waals surface area contributed by atoms with Crippen molar-refractivity contribution in [1.29, 1.82) is 5.26 Å². The fourth-order valence-electron chi connectivity index (χ4n) is 1.70. The quantitative estimate of drug-likeness (QED) is 0.123. The molecule has 0 aliphatic carbocycles. The first-order chi connectivity index (χ1) is 31.1. The van der Waals surface area contributed by atoms with E-state index in [9.17, 15) is 18.3 Å². The van der Waals surface area contributed by atoms with Gasteiger partial charge in [-0.2, -0.15) is 5.26 Å². The average Bonchev–Trinajstić information content (AvgIpc) is 3.30. The van der Waals surface area contributed by atoms with Gasteiger partial charge >= 0.3 is 26.7 Å². The molecule has 0 aliphatic heterocycles. The summed E-state index contributed by atoms with van der Waals surface area (Å²) in [6, 6.07) is 7.57. The number of methoxy groups -OCH3 is 1. The lowest BCUT2D eigenvalue weighted by atomic mass is 10.3. The summed E-state index contributed by atoms with van der Waals surface area (Å²) >= 11 is 23.5. The first-order valence-electron chi connectivity index (χ1n) is 20.3. The summed E-state index contributed by atoms with van der Waals surface area (Å²) in [7, 11) is 11.4. The second-order valence-corrected chi connectivity index (χ2v) is 24.9. The van der Waals surface area contributed by atoms with Gasteiger partial charge in [0, 0.05) is 87.6 Å². The molecular formula is C33H83Cl5N6O11P8. The molecule has 0 radical (unpaired) electrons. The van der Waals surface area contributed by atoms with Crippen molar-refractivity contribution in [2.45, 2.75) is 47.9 Å². The third-order valence-electron chi connectivity index (χ3n) is 4.40. The van der Waals surface area contributed by atoms with Gasteiger partial charge < -0.3 is 44.9 Å². The Hall–Kier alpha value is 1.69. The molecule has 0 fully saturated rings. The predicted molar refractivity (Wildman–Crippen MR) is 293 cm³/mol. The Balaban J connectivity index is -0.0000000578. The molecule has 6 N–H and O–H groups in total. The molecule has 1 aromatic heterocycles. The monoisotopic (exact) mass is 1170 g/mol. The van der Waals surface area contributed by atoms with E-state index in [4.69, 9.17) is 50.4 Å². The molecular weight excluding hydrogens is 1080 g/mol. The third-order valence-corrected chi connectivity index (χ3v) is 8.19. The van der Waals surface area contributed by atoms with Gasteiger partial charge in [-0.15, -0.1) is 37.0 Å². The number of nitriles is 1. The highest BCUT2D eigenvalue weighted by Crippen LogP contribution is 2.61. The fourth-order valence-corrected chi connectivity index (χ4v) is 2.35. The number of halogens is 5. The van der Waals surface area contributed by atoms with Gasteiger partial charge in [0.15, 0.2) is 0 Å². The van der Waals surface area contributed by atoms with Crippen LogP contribution in [0.3, 0.4) is 0 Å². The van der Waals surface area contributed by atoms with Crippen LogP contribution in [0.5, 0.6) is 0 Å². The van der Waals surface area contributed by atoms with Crippen molar-refractivity contribution in [3.63, 3.8) is 0 Å². The van der Waals surface area contributed by atoms with Gasteiger partial charge in [-0.1, -0.05) is 59.8 Å². The van der Waals surface area contributed by atoms with Crippen LogP contribution in [0.15, 0.2) is 24.4 Å². The summed E-state index contributed by atoms with van der Waals surface area (Å²) in [4.78, 5) is 6.32. The lowest BCUT2D eigenvalue weighted by Crippen LogP contribution is -2.21. The largest absolute Gasteiger partial charge is 0.537 e. The van der Waals surface area contributed by atoms with Crippen molar-refractivity contribution in [2.24, 2.45) is 17.2 Å². The summed E-state index contributed by atoms with van der Waals surface area (Å²) in [5, 5.41) is 5.01. The molecule has 30 heteroatoms. The highest BCUT2D eigenvalue weighted by atomic mass is 36.0. The zero-order valence-corrected chi connectivity index (χ0v) is 50.7. The van der Waals surface area contributed by atoms with Crippen LogP contribution in [0.2, 0.25) is 0 Å². The molecule has 63 heavy (non-hydrogen) atoms. The Kier molecular flexibility index (Phi) is 97.5. The Labute approximate surface area is 422 Å². The van der Waals surface area contributed by atoms with Crippen LogP contribution >= 0.6 is 120 Å². The second kappa shape index (κ2) is 77.9. The van der Waals surface area contributed by atoms with Crippen LogP contribution in [0, 0.1) is 23.4 Å². The number of phosphoric ester groups is 1. The number of phosphoric acid groups is 1. The van der Waals surface area contributed by atoms with Gasteiger partial charge in [0.1, 0.15) is 6.11 Å². The molecule has 4 unspecified atom stereocenters. The molecule has 386 valence electrons. The summed E-state index contributed by atoms with van der Waals surface area (Å²) in [6.45, 7) is 17.5. The van der Waals surface area contributed by atoms with E-state index in [-0.39, 0.29) is 0 Å². The summed E-state index contributed by atoms with van der Waals surface area (Å²) in [6.07, 6.45) is 2.82. The maximum Gasteiger partial charge on any atom is 0.537 e. The Morgan fingerprint density at radius 2 is 1.17 bits per heavy atom. The SMILES string of the molecule is CC#COP(=O)(OC)OC.CCN(CC)CC.COCCN.COP(=O)(Cl)Cl.COP(C)(=O)OC.N#CCc1ccccn1.NCCN.O=P(Cl)(Cl)Cl.[2H]CCP.[2H]CCP.[3H]CP.[3H]CP. The van der Waals surface area contributed by atoms with E-state index in [1.54, 1.807) is 20.2 Å². The van der Waals surface area contributed by atoms with Gasteiger partial charge in [0.05, 0.1) is 24.8 Å². The van der Waals surface area contributed by atoms with Crippen molar-refractivity contribution in [1.82, 2.24) is 9.88 Å². The Morgan fingerprint density at radius 1 is 0.810 bits per heavy atom. The molecule has 0 aromatic carbocycles. The van der Waals surface area contributed by atoms with E-state index in [0.29, 0.717) is 59.7 Å². The van der Waals surface area contributed by atoms with Crippen LogP contribution in [0.4, 0.5) is 0 Å². The lowest BCUT2D eigenvalue weighted by molar-refractivity contribution is 0.201. The van der Waals surface area contributed by atoms with Crippen LogP contribution in [-0.4, -0.2) is 131 Å². The number of aromatic nitrogens is 1. The number of pyridine rings is 1. The van der Waals surface area contributed by atoms with Crippen LogP contribution in [0.1, 0.15) is 52.7 Å². The molecule has 0 spiro atoms. The van der Waals surface area contributed by atoms with Gasteiger partial charge in [0.25, 0.3) is 0 Å². The van der Waals surface area contributed by atoms with E-state index < -0.39 is 26.7 Å². The maximum absolute atomic E-state index is 10.9. The Morgan fingerprint density at radius 3 is 1.30 bits per heavy atom. The normalized spacial score (nSPS) is 10.0. The molecule has 0 saturated heterocycles. The van der Waals surface area contributed by atoms with E-state index in [2.05, 4.69) is 145 Å². The molecule has 0 bridgehead atoms. The van der Waals surface area contributed by atoms with E-state index >= 15 is 0 Å². The minimum atomic E-state index is -3.37.